The highest BCUT2D eigenvalue weighted by atomic mass is 16.5. The van der Waals surface area contributed by atoms with Crippen molar-refractivity contribution < 1.29 is 14.6 Å². The molecule has 0 fully saturated rings. The largest absolute Gasteiger partial charge is 0.478 e. The summed E-state index contributed by atoms with van der Waals surface area (Å²) in [5.74, 6) is -1.14. The fraction of sp³-hybridized carbons (Fsp3) is 0. The van der Waals surface area contributed by atoms with E-state index >= 15 is 0 Å². The first kappa shape index (κ1) is 6.50. The molecule has 0 aliphatic heterocycles. The van der Waals surface area contributed by atoms with Gasteiger partial charge in [-0.25, -0.2) is 4.79 Å². The van der Waals surface area contributed by atoms with Crippen LogP contribution in [0.15, 0.2) is 12.3 Å². The third kappa shape index (κ3) is 4.50. The average molecular weight is 113 g/mol. The van der Waals surface area contributed by atoms with E-state index in [9.17, 15) is 4.79 Å². The predicted octanol–water partition coefficient (Wildman–Crippen LogP) is 0.0824. The Morgan fingerprint density at radius 1 is 1.88 bits per heavy atom. The summed E-state index contributed by atoms with van der Waals surface area (Å²) in [6, 6.07) is 0. The van der Waals surface area contributed by atoms with Gasteiger partial charge >= 0.3 is 5.97 Å². The zero-order chi connectivity index (χ0) is 6.41. The molecule has 0 saturated heterocycles. The van der Waals surface area contributed by atoms with E-state index in [0.29, 0.717) is 0 Å². The third-order valence-corrected chi connectivity index (χ3v) is 0.331. The van der Waals surface area contributed by atoms with Crippen LogP contribution in [-0.4, -0.2) is 11.1 Å². The Hall–Kier alpha value is -1.50. The predicted molar refractivity (Wildman–Crippen MR) is 23.5 cm³/mol. The Morgan fingerprint density at radius 2 is 2.50 bits per heavy atom. The summed E-state index contributed by atoms with van der Waals surface area (Å²) in [6.07, 6.45) is 2.79. The van der Waals surface area contributed by atoms with Crippen molar-refractivity contribution in [1.29, 1.82) is 5.26 Å². The quantitative estimate of drug-likeness (QED) is 0.313. The standard InChI is InChI=1S/C4H3NO3/c5-3-8-2-1-4(6)7/h1-2H,(H,6,7). The summed E-state index contributed by atoms with van der Waals surface area (Å²) in [5, 5.41) is 15.5. The molecule has 0 saturated carbocycles. The zero-order valence-corrected chi connectivity index (χ0v) is 3.87. The summed E-state index contributed by atoms with van der Waals surface area (Å²) >= 11 is 0. The lowest BCUT2D eigenvalue weighted by molar-refractivity contribution is -0.131. The van der Waals surface area contributed by atoms with Gasteiger partial charge in [-0.2, -0.15) is 0 Å². The number of aliphatic carboxylic acids is 1. The molecule has 0 rings (SSSR count). The third-order valence-electron chi connectivity index (χ3n) is 0.331. The van der Waals surface area contributed by atoms with Gasteiger partial charge in [0, 0.05) is 0 Å². The average Bonchev–Trinajstić information content (AvgIpc) is 1.66. The molecule has 0 aromatic rings. The maximum Gasteiger partial charge on any atom is 0.331 e. The van der Waals surface area contributed by atoms with Gasteiger partial charge in [0.2, 0.25) is 0 Å². The van der Waals surface area contributed by atoms with Gasteiger partial charge in [0.05, 0.1) is 6.08 Å². The minimum atomic E-state index is -1.14. The molecule has 1 N–H and O–H groups in total. The monoisotopic (exact) mass is 113 g/mol. The van der Waals surface area contributed by atoms with Gasteiger partial charge in [0.15, 0.2) is 0 Å². The van der Waals surface area contributed by atoms with Gasteiger partial charge < -0.3 is 9.84 Å². The normalized spacial score (nSPS) is 8.38. The van der Waals surface area contributed by atoms with Crippen LogP contribution in [0.1, 0.15) is 0 Å². The minimum absolute atomic E-state index is 0.725. The van der Waals surface area contributed by atoms with Gasteiger partial charge in [-0.05, 0) is 0 Å². The van der Waals surface area contributed by atoms with E-state index in [1.54, 1.807) is 0 Å². The van der Waals surface area contributed by atoms with Gasteiger partial charge in [-0.3, -0.25) is 0 Å². The van der Waals surface area contributed by atoms with Gasteiger partial charge in [0.1, 0.15) is 6.26 Å². The molecule has 0 radical (unpaired) electrons. The van der Waals surface area contributed by atoms with Crippen molar-refractivity contribution in [3.8, 4) is 6.26 Å². The number of nitriles is 1. The molecular weight excluding hydrogens is 110 g/mol. The van der Waals surface area contributed by atoms with Gasteiger partial charge in [0.25, 0.3) is 6.26 Å². The van der Waals surface area contributed by atoms with Crippen molar-refractivity contribution >= 4 is 5.97 Å². The lowest BCUT2D eigenvalue weighted by Gasteiger charge is -1.75. The number of carboxylic acids is 1. The highest BCUT2D eigenvalue weighted by Crippen LogP contribution is 1.72. The Bertz CT molecular complexity index is 144. The zero-order valence-electron chi connectivity index (χ0n) is 3.87. The number of nitrogens with zero attached hydrogens (tertiary/aromatic N) is 1. The van der Waals surface area contributed by atoms with Crippen LogP contribution in [0.3, 0.4) is 0 Å². The van der Waals surface area contributed by atoms with E-state index in [1.165, 1.54) is 6.26 Å². The van der Waals surface area contributed by atoms with E-state index in [0.717, 1.165) is 12.3 Å². The molecule has 0 bridgehead atoms. The highest BCUT2D eigenvalue weighted by molar-refractivity contribution is 5.79. The summed E-state index contributed by atoms with van der Waals surface area (Å²) in [5.41, 5.74) is 0. The van der Waals surface area contributed by atoms with Crippen LogP contribution in [0.5, 0.6) is 0 Å². The Balaban J connectivity index is 3.38. The van der Waals surface area contributed by atoms with E-state index in [2.05, 4.69) is 4.74 Å². The fourth-order valence-electron chi connectivity index (χ4n) is 0.123. The first-order chi connectivity index (χ1) is 3.77. The number of hydrogen-bond donors (Lipinski definition) is 1. The second-order valence-electron chi connectivity index (χ2n) is 0.850. The van der Waals surface area contributed by atoms with Gasteiger partial charge in [-0.15, -0.1) is 5.26 Å². The Labute approximate surface area is 45.6 Å². The van der Waals surface area contributed by atoms with Crippen molar-refractivity contribution in [3.63, 3.8) is 0 Å². The minimum Gasteiger partial charge on any atom is -0.478 e. The molecule has 0 aromatic carbocycles. The summed E-state index contributed by atoms with van der Waals surface area (Å²) < 4.78 is 3.89. The molecule has 0 aliphatic rings. The lowest BCUT2D eigenvalue weighted by Crippen LogP contribution is -1.85. The molecule has 8 heavy (non-hydrogen) atoms. The summed E-state index contributed by atoms with van der Waals surface area (Å²) in [7, 11) is 0. The number of hydrogen-bond acceptors (Lipinski definition) is 3. The van der Waals surface area contributed by atoms with E-state index in [-0.39, 0.29) is 0 Å². The van der Waals surface area contributed by atoms with Crippen LogP contribution in [-0.2, 0) is 9.53 Å². The molecular formula is C4H3NO3. The van der Waals surface area contributed by atoms with Crippen molar-refractivity contribution in [2.75, 3.05) is 0 Å². The Kier molecular flexibility index (Phi) is 2.99. The molecule has 0 aliphatic carbocycles. The van der Waals surface area contributed by atoms with Crippen LogP contribution in [0.2, 0.25) is 0 Å². The van der Waals surface area contributed by atoms with Crippen molar-refractivity contribution in [2.45, 2.75) is 0 Å². The van der Waals surface area contributed by atoms with Gasteiger partial charge in [-0.1, -0.05) is 0 Å². The SMILES string of the molecule is N#COC=CC(=O)O. The van der Waals surface area contributed by atoms with E-state index in [1.807, 2.05) is 0 Å². The second kappa shape index (κ2) is 3.68. The highest BCUT2D eigenvalue weighted by Gasteiger charge is 1.81. The van der Waals surface area contributed by atoms with Crippen LogP contribution < -0.4 is 0 Å². The number of ether oxygens (including phenoxy) is 1. The molecule has 0 spiro atoms. The molecule has 0 atom stereocenters. The summed E-state index contributed by atoms with van der Waals surface area (Å²) in [6.45, 7) is 0. The van der Waals surface area contributed by atoms with Crippen LogP contribution in [0.4, 0.5) is 0 Å². The lowest BCUT2D eigenvalue weighted by atomic mass is 10.6. The smallest absolute Gasteiger partial charge is 0.331 e. The number of carboxylic acid groups (broad SMARTS) is 1. The van der Waals surface area contributed by atoms with E-state index < -0.39 is 5.97 Å². The maximum atomic E-state index is 9.60. The first-order valence-corrected chi connectivity index (χ1v) is 1.71. The topological polar surface area (TPSA) is 70.3 Å². The number of rotatable bonds is 2. The van der Waals surface area contributed by atoms with E-state index in [4.69, 9.17) is 10.4 Å². The second-order valence-corrected chi connectivity index (χ2v) is 0.850. The Morgan fingerprint density at radius 3 is 2.88 bits per heavy atom. The molecule has 0 aromatic heterocycles. The van der Waals surface area contributed by atoms with Crippen LogP contribution in [0, 0.1) is 11.5 Å². The molecule has 4 nitrogen and oxygen atoms in total. The number of carbonyl (C=O) groups is 1. The van der Waals surface area contributed by atoms with Crippen molar-refractivity contribution in [1.82, 2.24) is 0 Å². The van der Waals surface area contributed by atoms with Crippen LogP contribution in [0.25, 0.3) is 0 Å². The maximum absolute atomic E-state index is 9.60. The summed E-state index contributed by atoms with van der Waals surface area (Å²) in [4.78, 5) is 9.60. The molecule has 0 unspecified atom stereocenters. The fourth-order valence-corrected chi connectivity index (χ4v) is 0.123. The first-order valence-electron chi connectivity index (χ1n) is 1.71. The van der Waals surface area contributed by atoms with Crippen molar-refractivity contribution in [3.05, 3.63) is 12.3 Å². The van der Waals surface area contributed by atoms with Crippen molar-refractivity contribution in [2.24, 2.45) is 0 Å². The molecule has 4 heteroatoms. The molecule has 0 heterocycles. The molecule has 42 valence electrons. The molecule has 0 amide bonds. The van der Waals surface area contributed by atoms with Crippen LogP contribution >= 0.6 is 0 Å².